The standard InChI is InChI=1S/C17H26N2O/c1-14-8-6-7-11-16(14)18-17(20)13-19(2)12-15-9-4-3-5-10-15/h3-5,9-10,14,16H,6-8,11-13H2,1-2H3,(H,18,20)/t14-,16-/m0/s1. The number of likely N-dealkylation sites (N-methyl/N-ethyl adjacent to an activating group) is 1. The molecule has 0 saturated heterocycles. The normalized spacial score (nSPS) is 22.8. The molecule has 3 nitrogen and oxygen atoms in total. The molecule has 1 aliphatic rings. The first-order valence-electron chi connectivity index (χ1n) is 7.67. The fourth-order valence-electron chi connectivity index (χ4n) is 2.98. The van der Waals surface area contributed by atoms with Gasteiger partial charge in [0.2, 0.25) is 5.91 Å². The van der Waals surface area contributed by atoms with Crippen molar-refractivity contribution in [1.82, 2.24) is 10.2 Å². The highest BCUT2D eigenvalue weighted by molar-refractivity contribution is 5.78. The van der Waals surface area contributed by atoms with Crippen LogP contribution in [0.2, 0.25) is 0 Å². The van der Waals surface area contributed by atoms with E-state index in [-0.39, 0.29) is 5.91 Å². The van der Waals surface area contributed by atoms with E-state index in [1.165, 1.54) is 24.8 Å². The Labute approximate surface area is 122 Å². The first kappa shape index (κ1) is 15.0. The predicted octanol–water partition coefficient (Wildman–Crippen LogP) is 2.81. The first-order chi connectivity index (χ1) is 9.65. The second-order valence-corrected chi connectivity index (χ2v) is 6.09. The SMILES string of the molecule is C[C@H]1CCCC[C@@H]1NC(=O)CN(C)Cc1ccccc1. The van der Waals surface area contributed by atoms with E-state index in [9.17, 15) is 4.79 Å². The summed E-state index contributed by atoms with van der Waals surface area (Å²) in [5, 5.41) is 3.20. The molecule has 0 unspecified atom stereocenters. The van der Waals surface area contributed by atoms with E-state index in [0.717, 1.165) is 13.0 Å². The molecule has 0 aliphatic heterocycles. The predicted molar refractivity (Wildman–Crippen MR) is 82.3 cm³/mol. The Morgan fingerprint density at radius 1 is 1.25 bits per heavy atom. The Morgan fingerprint density at radius 3 is 2.65 bits per heavy atom. The van der Waals surface area contributed by atoms with E-state index in [1.54, 1.807) is 0 Å². The Balaban J connectivity index is 1.76. The van der Waals surface area contributed by atoms with Crippen LogP contribution in [0.5, 0.6) is 0 Å². The molecule has 1 aromatic carbocycles. The topological polar surface area (TPSA) is 32.3 Å². The highest BCUT2D eigenvalue weighted by Crippen LogP contribution is 2.23. The van der Waals surface area contributed by atoms with Crippen LogP contribution < -0.4 is 5.32 Å². The third-order valence-corrected chi connectivity index (χ3v) is 4.17. The molecule has 1 saturated carbocycles. The minimum absolute atomic E-state index is 0.155. The molecule has 20 heavy (non-hydrogen) atoms. The van der Waals surface area contributed by atoms with E-state index >= 15 is 0 Å². The van der Waals surface area contributed by atoms with Gasteiger partial charge in [0.1, 0.15) is 0 Å². The molecule has 1 fully saturated rings. The molecular weight excluding hydrogens is 248 g/mol. The monoisotopic (exact) mass is 274 g/mol. The van der Waals surface area contributed by atoms with Gasteiger partial charge in [-0.15, -0.1) is 0 Å². The van der Waals surface area contributed by atoms with Crippen molar-refractivity contribution < 1.29 is 4.79 Å². The molecule has 1 N–H and O–H groups in total. The van der Waals surface area contributed by atoms with E-state index in [0.29, 0.717) is 18.5 Å². The van der Waals surface area contributed by atoms with Gasteiger partial charge < -0.3 is 5.32 Å². The molecule has 0 spiro atoms. The summed E-state index contributed by atoms with van der Waals surface area (Å²) in [5.74, 6) is 0.773. The molecular formula is C17H26N2O. The summed E-state index contributed by atoms with van der Waals surface area (Å²) in [7, 11) is 2.00. The van der Waals surface area contributed by atoms with Crippen molar-refractivity contribution in [2.45, 2.75) is 45.2 Å². The molecule has 1 aliphatic carbocycles. The third-order valence-electron chi connectivity index (χ3n) is 4.17. The lowest BCUT2D eigenvalue weighted by Crippen LogP contribution is -2.44. The Morgan fingerprint density at radius 2 is 1.95 bits per heavy atom. The Bertz CT molecular complexity index is 418. The lowest BCUT2D eigenvalue weighted by atomic mass is 9.86. The molecule has 3 heteroatoms. The van der Waals surface area contributed by atoms with E-state index in [2.05, 4.69) is 29.3 Å². The number of hydrogen-bond donors (Lipinski definition) is 1. The highest BCUT2D eigenvalue weighted by Gasteiger charge is 2.22. The van der Waals surface area contributed by atoms with Gasteiger partial charge in [-0.3, -0.25) is 9.69 Å². The van der Waals surface area contributed by atoms with E-state index in [1.807, 2.05) is 25.2 Å². The average molecular weight is 274 g/mol. The number of hydrogen-bond acceptors (Lipinski definition) is 2. The summed E-state index contributed by atoms with van der Waals surface area (Å²) in [6.45, 7) is 3.53. The summed E-state index contributed by atoms with van der Waals surface area (Å²) in [5.41, 5.74) is 1.24. The van der Waals surface area contributed by atoms with Crippen LogP contribution in [0, 0.1) is 5.92 Å². The molecule has 2 rings (SSSR count). The fraction of sp³-hybridized carbons (Fsp3) is 0.588. The quantitative estimate of drug-likeness (QED) is 0.895. The van der Waals surface area contributed by atoms with Crippen LogP contribution in [0.4, 0.5) is 0 Å². The van der Waals surface area contributed by atoms with Gasteiger partial charge >= 0.3 is 0 Å². The maximum atomic E-state index is 12.1. The van der Waals surface area contributed by atoms with Gasteiger partial charge in [0.25, 0.3) is 0 Å². The number of carbonyl (C=O) groups is 1. The zero-order valence-electron chi connectivity index (χ0n) is 12.6. The summed E-state index contributed by atoms with van der Waals surface area (Å²) in [6, 6.07) is 10.6. The summed E-state index contributed by atoms with van der Waals surface area (Å²) in [4.78, 5) is 14.2. The number of rotatable bonds is 5. The second-order valence-electron chi connectivity index (χ2n) is 6.09. The molecule has 0 bridgehead atoms. The zero-order chi connectivity index (χ0) is 14.4. The van der Waals surface area contributed by atoms with E-state index in [4.69, 9.17) is 0 Å². The molecule has 1 aromatic rings. The minimum Gasteiger partial charge on any atom is -0.352 e. The van der Waals surface area contributed by atoms with Gasteiger partial charge in [0.15, 0.2) is 0 Å². The van der Waals surface area contributed by atoms with Gasteiger partial charge in [-0.05, 0) is 31.4 Å². The maximum absolute atomic E-state index is 12.1. The average Bonchev–Trinajstić information content (AvgIpc) is 2.42. The van der Waals surface area contributed by atoms with Crippen LogP contribution in [0.25, 0.3) is 0 Å². The number of nitrogens with zero attached hydrogens (tertiary/aromatic N) is 1. The highest BCUT2D eigenvalue weighted by atomic mass is 16.2. The van der Waals surface area contributed by atoms with Crippen LogP contribution in [-0.4, -0.2) is 30.4 Å². The second kappa shape index (κ2) is 7.44. The van der Waals surface area contributed by atoms with Gasteiger partial charge in [-0.2, -0.15) is 0 Å². The summed E-state index contributed by atoms with van der Waals surface area (Å²) in [6.07, 6.45) is 4.93. The van der Waals surface area contributed by atoms with Gasteiger partial charge in [0.05, 0.1) is 6.54 Å². The van der Waals surface area contributed by atoms with Gasteiger partial charge in [0, 0.05) is 12.6 Å². The van der Waals surface area contributed by atoms with Crippen molar-refractivity contribution in [2.75, 3.05) is 13.6 Å². The molecule has 110 valence electrons. The number of benzene rings is 1. The zero-order valence-corrected chi connectivity index (χ0v) is 12.6. The Kier molecular flexibility index (Phi) is 5.60. The lowest BCUT2D eigenvalue weighted by molar-refractivity contribution is -0.123. The van der Waals surface area contributed by atoms with Crippen LogP contribution in [0.3, 0.4) is 0 Å². The third kappa shape index (κ3) is 4.64. The number of amides is 1. The lowest BCUT2D eigenvalue weighted by Gasteiger charge is -2.30. The van der Waals surface area contributed by atoms with Crippen LogP contribution in [-0.2, 0) is 11.3 Å². The van der Waals surface area contributed by atoms with Crippen molar-refractivity contribution >= 4 is 5.91 Å². The van der Waals surface area contributed by atoms with Crippen LogP contribution in [0.15, 0.2) is 30.3 Å². The van der Waals surface area contributed by atoms with Crippen molar-refractivity contribution in [1.29, 1.82) is 0 Å². The van der Waals surface area contributed by atoms with Crippen molar-refractivity contribution in [2.24, 2.45) is 5.92 Å². The smallest absolute Gasteiger partial charge is 0.234 e. The van der Waals surface area contributed by atoms with Gasteiger partial charge in [-0.1, -0.05) is 50.1 Å². The molecule has 2 atom stereocenters. The molecule has 0 aromatic heterocycles. The maximum Gasteiger partial charge on any atom is 0.234 e. The molecule has 1 amide bonds. The summed E-state index contributed by atoms with van der Waals surface area (Å²) >= 11 is 0. The molecule has 0 heterocycles. The fourth-order valence-corrected chi connectivity index (χ4v) is 2.98. The summed E-state index contributed by atoms with van der Waals surface area (Å²) < 4.78 is 0. The number of carbonyl (C=O) groups excluding carboxylic acids is 1. The molecule has 0 radical (unpaired) electrons. The van der Waals surface area contributed by atoms with Crippen molar-refractivity contribution in [3.8, 4) is 0 Å². The largest absolute Gasteiger partial charge is 0.352 e. The van der Waals surface area contributed by atoms with Gasteiger partial charge in [-0.25, -0.2) is 0 Å². The first-order valence-corrected chi connectivity index (χ1v) is 7.67. The van der Waals surface area contributed by atoms with Crippen LogP contribution in [0.1, 0.15) is 38.2 Å². The number of nitrogens with one attached hydrogen (secondary N) is 1. The van der Waals surface area contributed by atoms with Crippen LogP contribution >= 0.6 is 0 Å². The van der Waals surface area contributed by atoms with E-state index < -0.39 is 0 Å². The van der Waals surface area contributed by atoms with Crippen molar-refractivity contribution in [3.05, 3.63) is 35.9 Å². The van der Waals surface area contributed by atoms with Crippen molar-refractivity contribution in [3.63, 3.8) is 0 Å². The minimum atomic E-state index is 0.155. The Hall–Kier alpha value is -1.35.